The summed E-state index contributed by atoms with van der Waals surface area (Å²) < 4.78 is 0. The lowest BCUT2D eigenvalue weighted by Crippen LogP contribution is -2.26. The summed E-state index contributed by atoms with van der Waals surface area (Å²) in [6, 6.07) is 14.9. The number of pyridine rings is 1. The van der Waals surface area contributed by atoms with E-state index in [2.05, 4.69) is 61.1 Å². The summed E-state index contributed by atoms with van der Waals surface area (Å²) in [4.78, 5) is 22.3. The molecular weight excluding hydrogens is 456 g/mol. The van der Waals surface area contributed by atoms with Gasteiger partial charge in [-0.3, -0.25) is 19.8 Å². The summed E-state index contributed by atoms with van der Waals surface area (Å²) in [5.74, 6) is 0.810. The van der Waals surface area contributed by atoms with E-state index in [0.717, 1.165) is 34.5 Å². The van der Waals surface area contributed by atoms with Gasteiger partial charge in [-0.15, -0.1) is 11.3 Å². The molecule has 0 saturated carbocycles. The summed E-state index contributed by atoms with van der Waals surface area (Å²) >= 11 is 7.94. The topological polar surface area (TPSA) is 101 Å². The predicted octanol–water partition coefficient (Wildman–Crippen LogP) is 4.84. The fraction of sp³-hybridized carbons (Fsp3) is 0.250. The minimum atomic E-state index is 0.151. The summed E-state index contributed by atoms with van der Waals surface area (Å²) in [5.41, 5.74) is 8.86. The van der Waals surface area contributed by atoms with Crippen LogP contribution in [0.1, 0.15) is 35.7 Å². The fourth-order valence-corrected chi connectivity index (χ4v) is 5.44. The first-order chi connectivity index (χ1) is 16.1. The Labute approximate surface area is 201 Å². The second-order valence-corrected chi connectivity index (χ2v) is 9.24. The van der Waals surface area contributed by atoms with Crippen LogP contribution in [0.15, 0.2) is 55.0 Å². The molecule has 9 heteroatoms. The minimum absolute atomic E-state index is 0.151. The number of nitrogens with zero attached hydrogens (tertiary/aromatic N) is 4. The number of nitrogens with two attached hydrogens (primary N) is 1. The van der Waals surface area contributed by atoms with Crippen LogP contribution in [0.5, 0.6) is 0 Å². The first kappa shape index (κ1) is 23.1. The molecule has 1 amide bonds. The van der Waals surface area contributed by atoms with E-state index in [4.69, 9.17) is 16.4 Å². The highest BCUT2D eigenvalue weighted by Gasteiger charge is 2.30. The van der Waals surface area contributed by atoms with Crippen LogP contribution in [-0.2, 0) is 4.79 Å². The molecule has 1 saturated heterocycles. The van der Waals surface area contributed by atoms with Gasteiger partial charge in [-0.2, -0.15) is 5.10 Å². The van der Waals surface area contributed by atoms with Crippen LogP contribution in [0.3, 0.4) is 0 Å². The Morgan fingerprint density at radius 3 is 2.52 bits per heavy atom. The Bertz CT molecular complexity index is 1190. The SMILES string of the molecule is Cc1cc(-c2cc(C(c3ccc(Cl)cc3)N3CCCC3)c(-c3ncn[nH]3)s2)ccn1.NC=O. The monoisotopic (exact) mass is 480 g/mol. The number of H-pyrrole nitrogens is 1. The van der Waals surface area contributed by atoms with E-state index in [0.29, 0.717) is 0 Å². The molecule has 1 fully saturated rings. The summed E-state index contributed by atoms with van der Waals surface area (Å²) in [5, 5.41) is 7.94. The number of rotatable bonds is 5. The zero-order chi connectivity index (χ0) is 23.2. The van der Waals surface area contributed by atoms with Crippen molar-refractivity contribution in [2.75, 3.05) is 13.1 Å². The molecule has 170 valence electrons. The van der Waals surface area contributed by atoms with E-state index < -0.39 is 0 Å². The summed E-state index contributed by atoms with van der Waals surface area (Å²) in [6.07, 6.45) is 6.14. The number of likely N-dealkylation sites (tertiary alicyclic amines) is 1. The summed E-state index contributed by atoms with van der Waals surface area (Å²) in [7, 11) is 0. The van der Waals surface area contributed by atoms with Crippen LogP contribution in [0.4, 0.5) is 0 Å². The highest BCUT2D eigenvalue weighted by Crippen LogP contribution is 2.44. The van der Waals surface area contributed by atoms with Crippen LogP contribution < -0.4 is 5.73 Å². The highest BCUT2D eigenvalue weighted by atomic mass is 35.5. The quantitative estimate of drug-likeness (QED) is 0.398. The minimum Gasteiger partial charge on any atom is -0.372 e. The van der Waals surface area contributed by atoms with Gasteiger partial charge in [0.1, 0.15) is 6.33 Å². The number of nitrogens with one attached hydrogen (secondary N) is 1. The summed E-state index contributed by atoms with van der Waals surface area (Å²) in [6.45, 7) is 4.20. The Balaban J connectivity index is 0.000000821. The molecule has 33 heavy (non-hydrogen) atoms. The average Bonchev–Trinajstić information content (AvgIpc) is 3.58. The maximum Gasteiger partial charge on any atom is 0.204 e. The van der Waals surface area contributed by atoms with Gasteiger partial charge >= 0.3 is 0 Å². The Morgan fingerprint density at radius 1 is 1.15 bits per heavy atom. The van der Waals surface area contributed by atoms with E-state index in [9.17, 15) is 0 Å². The smallest absolute Gasteiger partial charge is 0.204 e. The van der Waals surface area contributed by atoms with E-state index in [1.54, 1.807) is 17.7 Å². The zero-order valence-electron chi connectivity index (χ0n) is 18.2. The van der Waals surface area contributed by atoms with E-state index in [1.165, 1.54) is 34.4 Å². The molecule has 0 bridgehead atoms. The van der Waals surface area contributed by atoms with Crippen molar-refractivity contribution in [1.82, 2.24) is 25.1 Å². The number of hydrogen-bond acceptors (Lipinski definition) is 6. The molecular formula is C24H25ClN6OS. The van der Waals surface area contributed by atoms with E-state index >= 15 is 0 Å². The number of thiophene rings is 1. The molecule has 3 N–H and O–H groups in total. The lowest BCUT2D eigenvalue weighted by molar-refractivity contribution is -0.106. The van der Waals surface area contributed by atoms with Crippen molar-refractivity contribution < 1.29 is 4.79 Å². The third-order valence-electron chi connectivity index (χ3n) is 5.56. The van der Waals surface area contributed by atoms with Gasteiger partial charge in [0.25, 0.3) is 0 Å². The van der Waals surface area contributed by atoms with Crippen molar-refractivity contribution >= 4 is 29.3 Å². The first-order valence-electron chi connectivity index (χ1n) is 10.7. The molecule has 1 unspecified atom stereocenters. The van der Waals surface area contributed by atoms with Crippen molar-refractivity contribution in [2.24, 2.45) is 5.73 Å². The number of primary amides is 1. The van der Waals surface area contributed by atoms with Crippen molar-refractivity contribution in [1.29, 1.82) is 0 Å². The molecule has 1 aromatic carbocycles. The van der Waals surface area contributed by atoms with Crippen LogP contribution >= 0.6 is 22.9 Å². The number of carbonyl (C=O) groups is 1. The normalized spacial score (nSPS) is 14.5. The Kier molecular flexibility index (Phi) is 7.49. The van der Waals surface area contributed by atoms with E-state index in [-0.39, 0.29) is 12.5 Å². The highest BCUT2D eigenvalue weighted by molar-refractivity contribution is 7.19. The molecule has 5 rings (SSSR count). The van der Waals surface area contributed by atoms with Crippen molar-refractivity contribution in [2.45, 2.75) is 25.8 Å². The molecule has 0 aliphatic carbocycles. The Morgan fingerprint density at radius 2 is 1.88 bits per heavy atom. The van der Waals surface area contributed by atoms with Crippen molar-refractivity contribution in [3.63, 3.8) is 0 Å². The maximum absolute atomic E-state index is 8.58. The van der Waals surface area contributed by atoms with Gasteiger partial charge < -0.3 is 5.73 Å². The lowest BCUT2D eigenvalue weighted by atomic mass is 9.96. The molecule has 7 nitrogen and oxygen atoms in total. The second-order valence-electron chi connectivity index (χ2n) is 7.75. The second kappa shape index (κ2) is 10.7. The largest absolute Gasteiger partial charge is 0.372 e. The van der Waals surface area contributed by atoms with Gasteiger partial charge in [-0.1, -0.05) is 23.7 Å². The number of aromatic amines is 1. The third kappa shape index (κ3) is 5.30. The number of aromatic nitrogens is 4. The Hall–Kier alpha value is -3.07. The van der Waals surface area contributed by atoms with E-state index in [1.807, 2.05) is 25.3 Å². The zero-order valence-corrected chi connectivity index (χ0v) is 19.8. The van der Waals surface area contributed by atoms with Crippen LogP contribution in [0, 0.1) is 6.92 Å². The molecule has 1 aliphatic rings. The molecule has 1 aliphatic heterocycles. The number of amides is 1. The van der Waals surface area contributed by atoms with Gasteiger partial charge in [-0.05, 0) is 79.9 Å². The predicted molar refractivity (Wildman–Crippen MR) is 132 cm³/mol. The van der Waals surface area contributed by atoms with Crippen LogP contribution in [0.25, 0.3) is 21.1 Å². The molecule has 4 aromatic rings. The van der Waals surface area contributed by atoms with Gasteiger partial charge in [-0.25, -0.2) is 4.98 Å². The number of hydrogen-bond donors (Lipinski definition) is 2. The molecule has 1 atom stereocenters. The van der Waals surface area contributed by atoms with Gasteiger partial charge in [0.05, 0.1) is 10.9 Å². The van der Waals surface area contributed by atoms with Gasteiger partial charge in [0.2, 0.25) is 6.41 Å². The van der Waals surface area contributed by atoms with Crippen LogP contribution in [0.2, 0.25) is 5.02 Å². The first-order valence-corrected chi connectivity index (χ1v) is 11.9. The van der Waals surface area contributed by atoms with Gasteiger partial charge in [0.15, 0.2) is 5.82 Å². The fourth-order valence-electron chi connectivity index (χ4n) is 4.18. The molecule has 0 radical (unpaired) electrons. The average molecular weight is 481 g/mol. The van der Waals surface area contributed by atoms with Gasteiger partial charge in [0, 0.05) is 21.8 Å². The van der Waals surface area contributed by atoms with Crippen molar-refractivity contribution in [3.05, 3.63) is 76.8 Å². The third-order valence-corrected chi connectivity index (χ3v) is 7.02. The molecule has 4 heterocycles. The number of carbonyl (C=O) groups excluding carboxylic acids is 1. The van der Waals surface area contributed by atoms with Crippen molar-refractivity contribution in [3.8, 4) is 21.1 Å². The standard InChI is InChI=1S/C23H22ClN5S.CH3NO/c1-15-12-17(8-9-25-15)20-13-19(22(30-20)23-26-14-27-28-23)21(29-10-2-3-11-29)16-4-6-18(24)7-5-16;2-1-3/h4-9,12-14,21H,2-3,10-11H2,1H3,(H,26,27,28);1H,(H2,2,3). The number of halogens is 1. The lowest BCUT2D eigenvalue weighted by Gasteiger charge is -2.28. The molecule has 0 spiro atoms. The number of benzene rings is 1. The van der Waals surface area contributed by atoms with Crippen LogP contribution in [-0.4, -0.2) is 44.6 Å². The maximum atomic E-state index is 8.58. The molecule has 3 aromatic heterocycles. The number of aryl methyl sites for hydroxylation is 1.